The molecule has 1 N–H and O–H groups in total. The molecule has 0 saturated heterocycles. The topological polar surface area (TPSA) is 65.3 Å². The molecule has 0 fully saturated rings. The number of rotatable bonds is 4. The number of amides is 1. The fourth-order valence-electron chi connectivity index (χ4n) is 3.19. The van der Waals surface area contributed by atoms with Gasteiger partial charge in [-0.25, -0.2) is 0 Å². The number of aromatic hydroxyl groups is 1. The number of carbonyl (C=O) groups is 1. The number of anilines is 1. The number of carbonyl (C=O) groups excluding carboxylic acids is 1. The van der Waals surface area contributed by atoms with Crippen molar-refractivity contribution < 1.29 is 9.90 Å². The number of para-hydroxylation sites is 1. The number of fused-ring (bicyclic) bond motifs is 2. The summed E-state index contributed by atoms with van der Waals surface area (Å²) in [5.74, 6) is -0.0699. The van der Waals surface area contributed by atoms with Crippen LogP contribution in [0, 0.1) is 0 Å². The molecule has 0 aliphatic carbocycles. The second-order valence-corrected chi connectivity index (χ2v) is 6.14. The van der Waals surface area contributed by atoms with Gasteiger partial charge in [0, 0.05) is 23.1 Å². The van der Waals surface area contributed by atoms with E-state index >= 15 is 0 Å². The number of hydrogen-bond acceptors (Lipinski definition) is 4. The van der Waals surface area contributed by atoms with E-state index in [0.717, 1.165) is 22.0 Å². The Morgan fingerprint density at radius 1 is 1.04 bits per heavy atom. The Morgan fingerprint density at radius 3 is 2.67 bits per heavy atom. The van der Waals surface area contributed by atoms with Crippen LogP contribution in [-0.4, -0.2) is 29.5 Å². The highest BCUT2D eigenvalue weighted by Gasteiger charge is 2.32. The summed E-state index contributed by atoms with van der Waals surface area (Å²) in [5, 5.41) is 20.3. The molecule has 0 radical (unpaired) electrons. The zero-order valence-corrected chi connectivity index (χ0v) is 14.5. The van der Waals surface area contributed by atoms with Crippen LogP contribution in [-0.2, 0) is 4.79 Å². The Bertz CT molecular complexity index is 1120. The summed E-state index contributed by atoms with van der Waals surface area (Å²) in [6.45, 7) is 4.11. The van der Waals surface area contributed by atoms with Gasteiger partial charge in [-0.05, 0) is 17.5 Å². The van der Waals surface area contributed by atoms with Gasteiger partial charge in [0.05, 0.1) is 11.9 Å². The Labute approximate surface area is 156 Å². The fourth-order valence-corrected chi connectivity index (χ4v) is 3.19. The molecule has 4 rings (SSSR count). The Hall–Kier alpha value is -3.73. The van der Waals surface area contributed by atoms with E-state index in [1.165, 1.54) is 6.21 Å². The summed E-state index contributed by atoms with van der Waals surface area (Å²) >= 11 is 0. The molecule has 5 nitrogen and oxygen atoms in total. The second-order valence-electron chi connectivity index (χ2n) is 6.14. The third-order valence-electron chi connectivity index (χ3n) is 4.50. The molecule has 0 spiro atoms. The molecule has 0 atom stereocenters. The largest absolute Gasteiger partial charge is 0.507 e. The maximum atomic E-state index is 12.7. The summed E-state index contributed by atoms with van der Waals surface area (Å²) in [6.07, 6.45) is 3.13. The molecule has 1 amide bonds. The number of phenolic OH excluding ortho intramolecular Hbond substituents is 1. The van der Waals surface area contributed by atoms with Crippen molar-refractivity contribution in [1.82, 2.24) is 0 Å². The van der Waals surface area contributed by atoms with Crippen LogP contribution in [0.15, 0.2) is 83.5 Å². The van der Waals surface area contributed by atoms with E-state index in [4.69, 9.17) is 0 Å². The monoisotopic (exact) mass is 355 g/mol. The lowest BCUT2D eigenvalue weighted by atomic mass is 10.1. The van der Waals surface area contributed by atoms with Crippen molar-refractivity contribution in [3.63, 3.8) is 0 Å². The molecular formula is C22H17N3O2. The number of phenols is 1. The highest BCUT2D eigenvalue weighted by atomic mass is 16.3. The van der Waals surface area contributed by atoms with Crippen LogP contribution >= 0.6 is 0 Å². The molecule has 1 aliphatic rings. The van der Waals surface area contributed by atoms with Gasteiger partial charge in [-0.1, -0.05) is 54.6 Å². The van der Waals surface area contributed by atoms with E-state index in [0.29, 0.717) is 12.1 Å². The first kappa shape index (κ1) is 16.7. The fraction of sp³-hybridized carbons (Fsp3) is 0.0455. The molecule has 132 valence electrons. The minimum absolute atomic E-state index is 0.142. The van der Waals surface area contributed by atoms with Crippen molar-refractivity contribution >= 4 is 34.3 Å². The van der Waals surface area contributed by atoms with Crippen LogP contribution in [0.1, 0.15) is 11.1 Å². The molecule has 1 aliphatic heterocycles. The van der Waals surface area contributed by atoms with E-state index in [2.05, 4.69) is 16.8 Å². The summed E-state index contributed by atoms with van der Waals surface area (Å²) in [5.41, 5.74) is 2.36. The third kappa shape index (κ3) is 2.89. The standard InChI is InChI=1S/C22H17N3O2/c1-2-13-25-19-10-6-5-9-18(19)20(22(25)27)24-23-14-16-12-11-15-7-3-4-8-17(15)21(16)26/h2-12,14,26H,1,13H2/b23-14+,24-20-. The van der Waals surface area contributed by atoms with Gasteiger partial charge in [0.25, 0.3) is 5.91 Å². The minimum Gasteiger partial charge on any atom is -0.507 e. The first-order valence-electron chi connectivity index (χ1n) is 8.54. The van der Waals surface area contributed by atoms with Crippen molar-refractivity contribution in [3.8, 4) is 5.75 Å². The summed E-state index contributed by atoms with van der Waals surface area (Å²) < 4.78 is 0. The normalized spacial score (nSPS) is 15.0. The second kappa shape index (κ2) is 6.88. The zero-order chi connectivity index (χ0) is 18.8. The smallest absolute Gasteiger partial charge is 0.279 e. The Kier molecular flexibility index (Phi) is 4.26. The van der Waals surface area contributed by atoms with Gasteiger partial charge < -0.3 is 10.0 Å². The van der Waals surface area contributed by atoms with Crippen LogP contribution in [0.25, 0.3) is 10.8 Å². The van der Waals surface area contributed by atoms with E-state index in [9.17, 15) is 9.90 Å². The van der Waals surface area contributed by atoms with Gasteiger partial charge in [0.2, 0.25) is 0 Å². The number of benzene rings is 3. The summed E-state index contributed by atoms with van der Waals surface area (Å²) in [6, 6.07) is 18.7. The average Bonchev–Trinajstić information content (AvgIpc) is 2.96. The van der Waals surface area contributed by atoms with Crippen LogP contribution in [0.2, 0.25) is 0 Å². The van der Waals surface area contributed by atoms with Crippen molar-refractivity contribution in [2.24, 2.45) is 10.2 Å². The first-order chi connectivity index (χ1) is 13.2. The van der Waals surface area contributed by atoms with Gasteiger partial charge in [-0.2, -0.15) is 5.10 Å². The lowest BCUT2D eigenvalue weighted by Crippen LogP contribution is -2.30. The van der Waals surface area contributed by atoms with Gasteiger partial charge in [0.1, 0.15) is 5.75 Å². The quantitative estimate of drug-likeness (QED) is 0.438. The van der Waals surface area contributed by atoms with Crippen LogP contribution < -0.4 is 4.90 Å². The summed E-state index contributed by atoms with van der Waals surface area (Å²) in [7, 11) is 0. The van der Waals surface area contributed by atoms with Crippen molar-refractivity contribution in [1.29, 1.82) is 0 Å². The maximum absolute atomic E-state index is 12.7. The van der Waals surface area contributed by atoms with Gasteiger partial charge in [-0.3, -0.25) is 4.79 Å². The Balaban J connectivity index is 1.70. The van der Waals surface area contributed by atoms with Gasteiger partial charge in [0.15, 0.2) is 5.71 Å². The maximum Gasteiger partial charge on any atom is 0.279 e. The van der Waals surface area contributed by atoms with E-state index in [1.807, 2.05) is 54.6 Å². The first-order valence-corrected chi connectivity index (χ1v) is 8.54. The Morgan fingerprint density at radius 2 is 1.81 bits per heavy atom. The predicted octanol–water partition coefficient (Wildman–Crippen LogP) is 3.90. The number of nitrogens with zero attached hydrogens (tertiary/aromatic N) is 3. The SMILES string of the molecule is C=CCN1C(=O)/C(=N\N=C\c2ccc3ccccc3c2O)c2ccccc21. The predicted molar refractivity (Wildman–Crippen MR) is 109 cm³/mol. The lowest BCUT2D eigenvalue weighted by molar-refractivity contribution is -0.112. The van der Waals surface area contributed by atoms with Gasteiger partial charge >= 0.3 is 0 Å². The van der Waals surface area contributed by atoms with Crippen molar-refractivity contribution in [2.45, 2.75) is 0 Å². The molecule has 5 heteroatoms. The molecule has 0 bridgehead atoms. The van der Waals surface area contributed by atoms with Gasteiger partial charge in [-0.15, -0.1) is 11.7 Å². The number of hydrogen-bond donors (Lipinski definition) is 1. The van der Waals surface area contributed by atoms with Crippen molar-refractivity contribution in [2.75, 3.05) is 11.4 Å². The third-order valence-corrected chi connectivity index (χ3v) is 4.50. The molecule has 1 heterocycles. The van der Waals surface area contributed by atoms with E-state index in [-0.39, 0.29) is 17.4 Å². The molecule has 27 heavy (non-hydrogen) atoms. The summed E-state index contributed by atoms with van der Waals surface area (Å²) in [4.78, 5) is 14.3. The molecule has 3 aromatic rings. The molecule has 0 saturated carbocycles. The average molecular weight is 355 g/mol. The van der Waals surface area contributed by atoms with Crippen LogP contribution in [0.4, 0.5) is 5.69 Å². The highest BCUT2D eigenvalue weighted by molar-refractivity contribution is 6.54. The molecule has 0 unspecified atom stereocenters. The lowest BCUT2D eigenvalue weighted by Gasteiger charge is -2.13. The van der Waals surface area contributed by atoms with Crippen molar-refractivity contribution in [3.05, 3.63) is 84.4 Å². The molecule has 3 aromatic carbocycles. The van der Waals surface area contributed by atoms with E-state index in [1.54, 1.807) is 17.0 Å². The van der Waals surface area contributed by atoms with E-state index < -0.39 is 0 Å². The minimum atomic E-state index is -0.212. The van der Waals surface area contributed by atoms with Crippen LogP contribution in [0.3, 0.4) is 0 Å². The van der Waals surface area contributed by atoms with Crippen LogP contribution in [0.5, 0.6) is 5.75 Å². The molecular weight excluding hydrogens is 338 g/mol. The zero-order valence-electron chi connectivity index (χ0n) is 14.5. The molecule has 0 aromatic heterocycles. The highest BCUT2D eigenvalue weighted by Crippen LogP contribution is 2.30.